The van der Waals surface area contributed by atoms with Crippen LogP contribution in [0.15, 0.2) is 23.3 Å². The molecular formula is C13H17ClN4O3. The molecular weight excluding hydrogens is 296 g/mol. The molecule has 1 unspecified atom stereocenters. The number of rotatable bonds is 4. The molecule has 0 aliphatic carbocycles. The smallest absolute Gasteiger partial charge is 0.412 e. The molecule has 21 heavy (non-hydrogen) atoms. The maximum absolute atomic E-state index is 11.8. The monoisotopic (exact) mass is 312 g/mol. The molecule has 0 aliphatic rings. The Morgan fingerprint density at radius 1 is 1.57 bits per heavy atom. The number of nitrogens with one attached hydrogen (secondary N) is 1. The van der Waals surface area contributed by atoms with E-state index in [-0.39, 0.29) is 0 Å². The van der Waals surface area contributed by atoms with Crippen LogP contribution in [0.4, 0.5) is 10.5 Å². The second-order valence-electron chi connectivity index (χ2n) is 5.26. The van der Waals surface area contributed by atoms with E-state index < -0.39 is 24.3 Å². The van der Waals surface area contributed by atoms with Gasteiger partial charge in [-0.05, 0) is 50.1 Å². The van der Waals surface area contributed by atoms with Crippen molar-refractivity contribution in [1.82, 2.24) is 0 Å². The molecule has 0 aliphatic heterocycles. The van der Waals surface area contributed by atoms with Crippen LogP contribution in [0.2, 0.25) is 5.02 Å². The number of halogens is 1. The van der Waals surface area contributed by atoms with Crippen molar-refractivity contribution in [3.05, 3.63) is 39.2 Å². The number of nitrogens with zero attached hydrogens (tertiary/aromatic N) is 3. The molecule has 0 aromatic heterocycles. The summed E-state index contributed by atoms with van der Waals surface area (Å²) in [6.07, 6.45) is -0.649. The van der Waals surface area contributed by atoms with E-state index in [0.717, 1.165) is 0 Å². The van der Waals surface area contributed by atoms with Crippen LogP contribution in [0.3, 0.4) is 0 Å². The topological polar surface area (TPSA) is 107 Å². The predicted octanol–water partition coefficient (Wildman–Crippen LogP) is 4.03. The number of ether oxygens (including phenoxy) is 1. The molecule has 114 valence electrons. The van der Waals surface area contributed by atoms with Crippen LogP contribution in [0.25, 0.3) is 10.4 Å². The third-order valence-corrected chi connectivity index (χ3v) is 2.61. The average molecular weight is 313 g/mol. The van der Waals surface area contributed by atoms with Crippen molar-refractivity contribution in [2.24, 2.45) is 5.11 Å². The summed E-state index contributed by atoms with van der Waals surface area (Å²) in [5.41, 5.74) is 8.66. The van der Waals surface area contributed by atoms with E-state index in [4.69, 9.17) is 21.9 Å². The first-order chi connectivity index (χ1) is 9.76. The van der Waals surface area contributed by atoms with Gasteiger partial charge in [-0.3, -0.25) is 5.32 Å². The highest BCUT2D eigenvalue weighted by molar-refractivity contribution is 6.30. The lowest BCUT2D eigenvalue weighted by Gasteiger charge is -2.21. The second kappa shape index (κ2) is 7.17. The zero-order chi connectivity index (χ0) is 16.0. The van der Waals surface area contributed by atoms with Crippen molar-refractivity contribution in [3.63, 3.8) is 0 Å². The Morgan fingerprint density at radius 3 is 2.76 bits per heavy atom. The van der Waals surface area contributed by atoms with Crippen molar-refractivity contribution in [3.8, 4) is 0 Å². The first kappa shape index (κ1) is 17.1. The second-order valence-corrected chi connectivity index (χ2v) is 5.70. The standard InChI is InChI=1S/C13H17ClN4O3/c1-13(2,3)21-12(20)16-10-5-4-8(14)6-9(10)11(7-19)17-18-15/h4-6,11,19H,7H2,1-3H3,(H,16,20). The van der Waals surface area contributed by atoms with Crippen LogP contribution in [0.1, 0.15) is 32.4 Å². The quantitative estimate of drug-likeness (QED) is 0.497. The summed E-state index contributed by atoms with van der Waals surface area (Å²) in [5.74, 6) is 0. The molecule has 1 amide bonds. The summed E-state index contributed by atoms with van der Waals surface area (Å²) in [4.78, 5) is 14.5. The lowest BCUT2D eigenvalue weighted by molar-refractivity contribution is 0.0635. The van der Waals surface area contributed by atoms with Gasteiger partial charge >= 0.3 is 6.09 Å². The molecule has 0 spiro atoms. The number of aliphatic hydroxyl groups excluding tert-OH is 1. The third kappa shape index (κ3) is 5.51. The molecule has 7 nitrogen and oxygen atoms in total. The van der Waals surface area contributed by atoms with Crippen LogP contribution < -0.4 is 5.32 Å². The van der Waals surface area contributed by atoms with Crippen LogP contribution in [-0.4, -0.2) is 23.4 Å². The van der Waals surface area contributed by atoms with E-state index in [1.165, 1.54) is 6.07 Å². The summed E-state index contributed by atoms with van der Waals surface area (Å²) in [6.45, 7) is 4.82. The van der Waals surface area contributed by atoms with Gasteiger partial charge in [0.25, 0.3) is 0 Å². The van der Waals surface area contributed by atoms with E-state index in [2.05, 4.69) is 15.3 Å². The van der Waals surface area contributed by atoms with Gasteiger partial charge in [-0.2, -0.15) is 0 Å². The molecule has 1 rings (SSSR count). The number of aliphatic hydroxyl groups is 1. The Kier molecular flexibility index (Phi) is 5.84. The number of hydrogen-bond donors (Lipinski definition) is 2. The Hall–Kier alpha value is -1.95. The highest BCUT2D eigenvalue weighted by Crippen LogP contribution is 2.29. The summed E-state index contributed by atoms with van der Waals surface area (Å²) in [7, 11) is 0. The SMILES string of the molecule is CC(C)(C)OC(=O)Nc1ccc(Cl)cc1C(CO)N=[N+]=[N-]. The number of benzene rings is 1. The van der Waals surface area contributed by atoms with Crippen molar-refractivity contribution >= 4 is 23.4 Å². The fourth-order valence-electron chi connectivity index (χ4n) is 1.60. The van der Waals surface area contributed by atoms with Gasteiger partial charge in [-0.15, -0.1) is 0 Å². The van der Waals surface area contributed by atoms with E-state index in [1.807, 2.05) is 0 Å². The number of hydrogen-bond acceptors (Lipinski definition) is 4. The third-order valence-electron chi connectivity index (χ3n) is 2.37. The van der Waals surface area contributed by atoms with Crippen molar-refractivity contribution in [2.75, 3.05) is 11.9 Å². The van der Waals surface area contributed by atoms with Crippen LogP contribution in [0, 0.1) is 0 Å². The van der Waals surface area contributed by atoms with Gasteiger partial charge in [0, 0.05) is 15.6 Å². The molecule has 0 saturated carbocycles. The van der Waals surface area contributed by atoms with Gasteiger partial charge < -0.3 is 9.84 Å². The van der Waals surface area contributed by atoms with Crippen LogP contribution in [-0.2, 0) is 4.74 Å². The molecule has 0 fully saturated rings. The lowest BCUT2D eigenvalue weighted by Crippen LogP contribution is -2.27. The number of amides is 1. The summed E-state index contributed by atoms with van der Waals surface area (Å²) in [5, 5.41) is 15.7. The molecule has 0 radical (unpaired) electrons. The zero-order valence-electron chi connectivity index (χ0n) is 12.0. The van der Waals surface area contributed by atoms with E-state index >= 15 is 0 Å². The fourth-order valence-corrected chi connectivity index (χ4v) is 1.78. The normalized spacial score (nSPS) is 12.2. The largest absolute Gasteiger partial charge is 0.444 e. The maximum atomic E-state index is 11.8. The Morgan fingerprint density at radius 2 is 2.24 bits per heavy atom. The molecule has 1 aromatic rings. The zero-order valence-corrected chi connectivity index (χ0v) is 12.8. The minimum Gasteiger partial charge on any atom is -0.444 e. The fraction of sp³-hybridized carbons (Fsp3) is 0.462. The van der Waals surface area contributed by atoms with E-state index in [1.54, 1.807) is 32.9 Å². The van der Waals surface area contributed by atoms with Crippen molar-refractivity contribution in [1.29, 1.82) is 0 Å². The van der Waals surface area contributed by atoms with Gasteiger partial charge in [-0.1, -0.05) is 16.7 Å². The van der Waals surface area contributed by atoms with Crippen LogP contribution in [0.5, 0.6) is 0 Å². The van der Waals surface area contributed by atoms with Gasteiger partial charge in [0.15, 0.2) is 0 Å². The Bertz CT molecular complexity index is 565. The highest BCUT2D eigenvalue weighted by Gasteiger charge is 2.19. The first-order valence-corrected chi connectivity index (χ1v) is 6.59. The minimum atomic E-state index is -0.848. The van der Waals surface area contributed by atoms with Gasteiger partial charge in [0.1, 0.15) is 5.60 Å². The molecule has 0 bridgehead atoms. The first-order valence-electron chi connectivity index (χ1n) is 6.21. The molecule has 2 N–H and O–H groups in total. The number of carbonyl (C=O) groups is 1. The van der Waals surface area contributed by atoms with E-state index in [9.17, 15) is 9.90 Å². The molecule has 0 saturated heterocycles. The van der Waals surface area contributed by atoms with Crippen molar-refractivity contribution < 1.29 is 14.6 Å². The average Bonchev–Trinajstić information content (AvgIpc) is 2.36. The van der Waals surface area contributed by atoms with E-state index in [0.29, 0.717) is 16.3 Å². The number of azide groups is 1. The number of carbonyl (C=O) groups excluding carboxylic acids is 1. The molecule has 8 heteroatoms. The molecule has 0 heterocycles. The summed E-state index contributed by atoms with van der Waals surface area (Å²) < 4.78 is 5.15. The number of anilines is 1. The molecule has 1 atom stereocenters. The summed E-state index contributed by atoms with van der Waals surface area (Å²) >= 11 is 5.90. The maximum Gasteiger partial charge on any atom is 0.412 e. The lowest BCUT2D eigenvalue weighted by atomic mass is 10.1. The Balaban J connectivity index is 3.07. The van der Waals surface area contributed by atoms with Crippen LogP contribution >= 0.6 is 11.6 Å². The molecule has 1 aromatic carbocycles. The van der Waals surface area contributed by atoms with Gasteiger partial charge in [-0.25, -0.2) is 4.79 Å². The minimum absolute atomic E-state index is 0.361. The highest BCUT2D eigenvalue weighted by atomic mass is 35.5. The van der Waals surface area contributed by atoms with Crippen molar-refractivity contribution in [2.45, 2.75) is 32.4 Å². The van der Waals surface area contributed by atoms with Gasteiger partial charge in [0.05, 0.1) is 12.6 Å². The Labute approximate surface area is 127 Å². The van der Waals surface area contributed by atoms with Gasteiger partial charge in [0.2, 0.25) is 0 Å². The predicted molar refractivity (Wildman–Crippen MR) is 80.3 cm³/mol. The summed E-state index contributed by atoms with van der Waals surface area (Å²) in [6, 6.07) is 3.79.